The van der Waals surface area contributed by atoms with Gasteiger partial charge in [-0.2, -0.15) is 0 Å². The minimum atomic E-state index is 0.905. The lowest BCUT2D eigenvalue weighted by Crippen LogP contribution is -1.95. The van der Waals surface area contributed by atoms with Crippen molar-refractivity contribution in [3.63, 3.8) is 0 Å². The number of hydrogen-bond acceptors (Lipinski definition) is 4. The summed E-state index contributed by atoms with van der Waals surface area (Å²) in [4.78, 5) is 14.2. The Morgan fingerprint density at radius 2 is 1.52 bits per heavy atom. The standard InChI is InChI=1S/C34H23N5S/c1-38-18-17-35-33(38)24-14-16-28(36-21-24)22-7-6-8-25(19-22)39-30-11-4-2-9-26(30)27-15-13-23(20-31(27)39)34-37-29-10-3-5-12-32(29)40-34/h2-21H,1H3. The maximum atomic E-state index is 4.93. The van der Waals surface area contributed by atoms with E-state index in [-0.39, 0.29) is 0 Å². The Labute approximate surface area is 234 Å². The average molecular weight is 534 g/mol. The van der Waals surface area contributed by atoms with E-state index in [1.54, 1.807) is 17.5 Å². The lowest BCUT2D eigenvalue weighted by molar-refractivity contribution is 0.923. The van der Waals surface area contributed by atoms with Crippen LogP contribution in [0, 0.1) is 0 Å². The van der Waals surface area contributed by atoms with Crippen molar-refractivity contribution >= 4 is 43.4 Å². The van der Waals surface area contributed by atoms with Crippen LogP contribution in [0.5, 0.6) is 0 Å². The summed E-state index contributed by atoms with van der Waals surface area (Å²) in [5, 5.41) is 3.49. The molecule has 0 aliphatic carbocycles. The molecule has 0 saturated heterocycles. The monoisotopic (exact) mass is 533 g/mol. The maximum Gasteiger partial charge on any atom is 0.141 e. The quantitative estimate of drug-likeness (QED) is 0.228. The van der Waals surface area contributed by atoms with E-state index >= 15 is 0 Å². The molecule has 4 heterocycles. The molecule has 6 heteroatoms. The maximum absolute atomic E-state index is 4.93. The fourth-order valence-corrected chi connectivity index (χ4v) is 6.48. The van der Waals surface area contributed by atoms with Gasteiger partial charge >= 0.3 is 0 Å². The molecule has 0 spiro atoms. The smallest absolute Gasteiger partial charge is 0.141 e. The number of fused-ring (bicyclic) bond motifs is 4. The molecule has 4 aromatic heterocycles. The molecule has 8 aromatic rings. The van der Waals surface area contributed by atoms with Crippen LogP contribution in [0.25, 0.3) is 70.9 Å². The largest absolute Gasteiger partial charge is 0.334 e. The van der Waals surface area contributed by atoms with Crippen LogP contribution in [0.2, 0.25) is 0 Å². The molecule has 0 radical (unpaired) electrons. The molecular formula is C34H23N5S. The lowest BCUT2D eigenvalue weighted by Gasteiger charge is -2.11. The molecule has 0 atom stereocenters. The van der Waals surface area contributed by atoms with Gasteiger partial charge in [0.25, 0.3) is 0 Å². The SMILES string of the molecule is Cn1ccnc1-c1ccc(-c2cccc(-n3c4ccccc4c4ccc(-c5nc6ccccc6s5)cc43)c2)nc1. The van der Waals surface area contributed by atoms with Gasteiger partial charge in [0.1, 0.15) is 10.8 Å². The second kappa shape index (κ2) is 9.00. The third kappa shape index (κ3) is 3.65. The first-order valence-corrected chi connectivity index (χ1v) is 14.0. The van der Waals surface area contributed by atoms with E-state index in [1.807, 2.05) is 30.1 Å². The van der Waals surface area contributed by atoms with Gasteiger partial charge in [-0.25, -0.2) is 9.97 Å². The first-order chi connectivity index (χ1) is 19.7. The van der Waals surface area contributed by atoms with Crippen LogP contribution in [-0.4, -0.2) is 24.1 Å². The van der Waals surface area contributed by atoms with Crippen molar-refractivity contribution in [3.05, 3.63) is 122 Å². The molecule has 8 rings (SSSR count). The summed E-state index contributed by atoms with van der Waals surface area (Å²) < 4.78 is 5.56. The van der Waals surface area contributed by atoms with Crippen LogP contribution < -0.4 is 0 Å². The van der Waals surface area contributed by atoms with Crippen molar-refractivity contribution in [1.82, 2.24) is 24.1 Å². The van der Waals surface area contributed by atoms with Crippen LogP contribution in [0.3, 0.4) is 0 Å². The van der Waals surface area contributed by atoms with Crippen LogP contribution in [0.1, 0.15) is 0 Å². The zero-order valence-corrected chi connectivity index (χ0v) is 22.5. The topological polar surface area (TPSA) is 48.5 Å². The van der Waals surface area contributed by atoms with E-state index in [4.69, 9.17) is 9.97 Å². The van der Waals surface area contributed by atoms with Gasteiger partial charge in [-0.15, -0.1) is 11.3 Å². The highest BCUT2D eigenvalue weighted by Gasteiger charge is 2.15. The number of para-hydroxylation sites is 2. The van der Waals surface area contributed by atoms with Crippen LogP contribution in [0.15, 0.2) is 122 Å². The summed E-state index contributed by atoms with van der Waals surface area (Å²) in [6, 6.07) is 36.4. The number of benzene rings is 4. The van der Waals surface area contributed by atoms with Gasteiger partial charge in [0.2, 0.25) is 0 Å². The molecule has 0 aliphatic heterocycles. The number of aromatic nitrogens is 5. The van der Waals surface area contributed by atoms with E-state index in [1.165, 1.54) is 21.0 Å². The number of imidazole rings is 1. The molecule has 0 amide bonds. The Hall–Kier alpha value is -5.07. The van der Waals surface area contributed by atoms with Gasteiger partial charge in [-0.3, -0.25) is 4.98 Å². The van der Waals surface area contributed by atoms with Gasteiger partial charge in [-0.05, 0) is 48.5 Å². The highest BCUT2D eigenvalue weighted by molar-refractivity contribution is 7.21. The highest BCUT2D eigenvalue weighted by atomic mass is 32.1. The second-order valence-electron chi connectivity index (χ2n) is 9.92. The molecule has 40 heavy (non-hydrogen) atoms. The molecule has 0 aliphatic rings. The minimum absolute atomic E-state index is 0.905. The molecular weight excluding hydrogens is 510 g/mol. The third-order valence-electron chi connectivity index (χ3n) is 7.46. The molecule has 0 saturated carbocycles. The number of aryl methyl sites for hydroxylation is 1. The van der Waals surface area contributed by atoms with Gasteiger partial charge in [0, 0.05) is 58.8 Å². The summed E-state index contributed by atoms with van der Waals surface area (Å²) in [7, 11) is 1.99. The Kier molecular flexibility index (Phi) is 5.15. The van der Waals surface area contributed by atoms with Crippen molar-refractivity contribution in [3.8, 4) is 38.9 Å². The number of nitrogens with zero attached hydrogens (tertiary/aromatic N) is 5. The fraction of sp³-hybridized carbons (Fsp3) is 0.0294. The zero-order valence-electron chi connectivity index (χ0n) is 21.7. The van der Waals surface area contributed by atoms with Gasteiger partial charge < -0.3 is 9.13 Å². The van der Waals surface area contributed by atoms with E-state index in [9.17, 15) is 0 Å². The number of thiazole rings is 1. The molecule has 0 N–H and O–H groups in total. The van der Waals surface area contributed by atoms with E-state index in [0.717, 1.165) is 49.9 Å². The lowest BCUT2D eigenvalue weighted by atomic mass is 10.1. The van der Waals surface area contributed by atoms with Crippen molar-refractivity contribution in [2.75, 3.05) is 0 Å². The predicted molar refractivity (Wildman–Crippen MR) is 165 cm³/mol. The number of pyridine rings is 1. The van der Waals surface area contributed by atoms with Crippen LogP contribution in [-0.2, 0) is 7.05 Å². The first-order valence-electron chi connectivity index (χ1n) is 13.2. The summed E-state index contributed by atoms with van der Waals surface area (Å²) in [6.45, 7) is 0. The Morgan fingerprint density at radius 3 is 2.38 bits per heavy atom. The third-order valence-corrected chi connectivity index (χ3v) is 8.54. The first kappa shape index (κ1) is 22.9. The van der Waals surface area contributed by atoms with Crippen molar-refractivity contribution < 1.29 is 0 Å². The van der Waals surface area contributed by atoms with Crippen molar-refractivity contribution in [2.24, 2.45) is 7.05 Å². The molecule has 4 aromatic carbocycles. The van der Waals surface area contributed by atoms with Crippen molar-refractivity contribution in [1.29, 1.82) is 0 Å². The summed E-state index contributed by atoms with van der Waals surface area (Å²) in [6.07, 6.45) is 5.65. The Balaban J connectivity index is 1.27. The highest BCUT2D eigenvalue weighted by Crippen LogP contribution is 2.37. The minimum Gasteiger partial charge on any atom is -0.334 e. The summed E-state index contributed by atoms with van der Waals surface area (Å²) in [5.41, 5.74) is 8.59. The predicted octanol–water partition coefficient (Wildman–Crippen LogP) is 8.52. The van der Waals surface area contributed by atoms with Gasteiger partial charge in [-0.1, -0.05) is 54.6 Å². The summed E-state index contributed by atoms with van der Waals surface area (Å²) in [5.74, 6) is 0.905. The summed E-state index contributed by atoms with van der Waals surface area (Å²) >= 11 is 1.73. The molecule has 0 fully saturated rings. The molecule has 190 valence electrons. The Morgan fingerprint density at radius 1 is 0.675 bits per heavy atom. The van der Waals surface area contributed by atoms with Crippen LogP contribution >= 0.6 is 11.3 Å². The number of hydrogen-bond donors (Lipinski definition) is 0. The van der Waals surface area contributed by atoms with E-state index < -0.39 is 0 Å². The number of rotatable bonds is 4. The molecule has 5 nitrogen and oxygen atoms in total. The van der Waals surface area contributed by atoms with E-state index in [2.05, 4.69) is 107 Å². The van der Waals surface area contributed by atoms with Gasteiger partial charge in [0.05, 0.1) is 26.9 Å². The average Bonchev–Trinajstić information content (AvgIpc) is 3.72. The van der Waals surface area contributed by atoms with Gasteiger partial charge in [0.15, 0.2) is 0 Å². The van der Waals surface area contributed by atoms with Crippen LogP contribution in [0.4, 0.5) is 0 Å². The normalized spacial score (nSPS) is 11.6. The second-order valence-corrected chi connectivity index (χ2v) is 10.9. The van der Waals surface area contributed by atoms with E-state index in [0.29, 0.717) is 0 Å². The molecule has 0 bridgehead atoms. The zero-order chi connectivity index (χ0) is 26.6. The Bertz CT molecular complexity index is 2150. The fourth-order valence-electron chi connectivity index (χ4n) is 5.52. The molecule has 0 unspecified atom stereocenters. The van der Waals surface area contributed by atoms with Crippen molar-refractivity contribution in [2.45, 2.75) is 0 Å².